The fraction of sp³-hybridized carbons (Fsp3) is 0.226. The zero-order valence-corrected chi connectivity index (χ0v) is 24.6. The minimum Gasteiger partial charge on any atom is -0.198 e. The van der Waals surface area contributed by atoms with E-state index in [4.69, 9.17) is 11.8 Å². The van der Waals surface area contributed by atoms with Crippen LogP contribution in [0.5, 0.6) is 0 Å². The van der Waals surface area contributed by atoms with E-state index in [0.717, 1.165) is 27.8 Å². The summed E-state index contributed by atoms with van der Waals surface area (Å²) in [7, 11) is -10.3. The zero-order valence-electron chi connectivity index (χ0n) is 23.0. The van der Waals surface area contributed by atoms with Crippen LogP contribution < -0.4 is 11.8 Å². The first-order valence-electron chi connectivity index (χ1n) is 13.2. The summed E-state index contributed by atoms with van der Waals surface area (Å²) in [6.07, 6.45) is 1.82. The number of hydrogen-bond donors (Lipinski definition) is 2. The summed E-state index contributed by atoms with van der Waals surface area (Å²) in [5.74, 6) is 10.7. The molecule has 4 aromatic carbocycles. The van der Waals surface area contributed by atoms with Gasteiger partial charge in [0.05, 0.1) is 0 Å². The van der Waals surface area contributed by atoms with Crippen molar-refractivity contribution in [3.63, 3.8) is 0 Å². The van der Waals surface area contributed by atoms with Gasteiger partial charge < -0.3 is 0 Å². The number of rotatable bonds is 12. The van der Waals surface area contributed by atoms with Gasteiger partial charge in [0, 0.05) is 5.56 Å². The fourth-order valence-electron chi connectivity index (χ4n) is 5.58. The van der Waals surface area contributed by atoms with E-state index in [0.29, 0.717) is 24.8 Å². The Bertz CT molecular complexity index is 1660. The van der Waals surface area contributed by atoms with Crippen LogP contribution in [0.3, 0.4) is 0 Å². The normalized spacial score (nSPS) is 12.4. The van der Waals surface area contributed by atoms with Gasteiger partial charge in [0.2, 0.25) is 0 Å². The maximum atomic E-state index is 14.0. The topological polar surface area (TPSA) is 139 Å². The molecule has 0 bridgehead atoms. The van der Waals surface area contributed by atoms with Crippen LogP contribution in [0.4, 0.5) is 0 Å². The van der Waals surface area contributed by atoms with Gasteiger partial charge in [0.1, 0.15) is 0 Å². The van der Waals surface area contributed by atoms with Crippen molar-refractivity contribution in [1.82, 2.24) is 0 Å². The minimum atomic E-state index is -5.16. The molecule has 0 atom stereocenters. The maximum Gasteiger partial charge on any atom is 0.314 e. The smallest absolute Gasteiger partial charge is 0.198 e. The van der Waals surface area contributed by atoms with Gasteiger partial charge in [-0.1, -0.05) is 111 Å². The van der Waals surface area contributed by atoms with E-state index in [1.54, 1.807) is 12.1 Å². The Morgan fingerprint density at radius 1 is 0.610 bits per heavy atom. The maximum absolute atomic E-state index is 14.0. The van der Waals surface area contributed by atoms with E-state index in [1.807, 2.05) is 74.5 Å². The SMILES string of the molecule is CCc1cc(C(c2ccccc2)(S(=O)(=O)ON)S(=O)(=O)ON)c(Cc2ccccc2)c(Cc2ccccc2)c1CC. The van der Waals surface area contributed by atoms with Crippen LogP contribution in [0.2, 0.25) is 0 Å². The molecule has 216 valence electrons. The van der Waals surface area contributed by atoms with Crippen molar-refractivity contribution >= 4 is 20.2 Å². The first-order chi connectivity index (χ1) is 19.7. The van der Waals surface area contributed by atoms with Crippen molar-refractivity contribution in [3.8, 4) is 0 Å². The average molecular weight is 595 g/mol. The number of hydrogen-bond acceptors (Lipinski definition) is 8. The van der Waals surface area contributed by atoms with E-state index in [2.05, 4.69) is 8.57 Å². The van der Waals surface area contributed by atoms with Crippen LogP contribution in [0.15, 0.2) is 97.1 Å². The summed E-state index contributed by atoms with van der Waals surface area (Å²) in [6, 6.07) is 28.3. The molecule has 0 radical (unpaired) electrons. The Morgan fingerprint density at radius 2 is 1.05 bits per heavy atom. The lowest BCUT2D eigenvalue weighted by molar-refractivity contribution is 0.303. The van der Waals surface area contributed by atoms with E-state index in [9.17, 15) is 16.8 Å². The lowest BCUT2D eigenvalue weighted by Gasteiger charge is -2.34. The van der Waals surface area contributed by atoms with Gasteiger partial charge in [-0.3, -0.25) is 0 Å². The van der Waals surface area contributed by atoms with Gasteiger partial charge >= 0.3 is 20.2 Å². The van der Waals surface area contributed by atoms with Gasteiger partial charge in [0.25, 0.3) is 4.08 Å². The summed E-state index contributed by atoms with van der Waals surface area (Å²) < 4.78 is 62.1. The zero-order chi connectivity index (χ0) is 29.7. The van der Waals surface area contributed by atoms with Gasteiger partial charge in [-0.25, -0.2) is 0 Å². The summed E-state index contributed by atoms with van der Waals surface area (Å²) >= 11 is 0. The number of nitrogens with two attached hydrogens (primary N) is 2. The van der Waals surface area contributed by atoms with Crippen molar-refractivity contribution in [2.75, 3.05) is 0 Å². The van der Waals surface area contributed by atoms with E-state index < -0.39 is 24.3 Å². The quantitative estimate of drug-likeness (QED) is 0.226. The lowest BCUT2D eigenvalue weighted by Crippen LogP contribution is -2.49. The standard InChI is InChI=1S/C31H34N2O6S2/c1-3-25-22-30(31(40(34,35)38-32,41(36,37)39-33)26-18-12-7-13-19-26)29(21-24-16-10-6-11-17-24)28(27(25)4-2)20-23-14-8-5-9-15-23/h5-19,22H,3-4,20-21,32-33H2,1-2H3. The van der Waals surface area contributed by atoms with Crippen molar-refractivity contribution in [1.29, 1.82) is 0 Å². The highest BCUT2D eigenvalue weighted by Crippen LogP contribution is 2.48. The van der Waals surface area contributed by atoms with Crippen LogP contribution in [0, 0.1) is 0 Å². The van der Waals surface area contributed by atoms with Crippen LogP contribution in [-0.2, 0) is 58.6 Å². The van der Waals surface area contributed by atoms with Crippen LogP contribution in [0.1, 0.15) is 58.4 Å². The Balaban J connectivity index is 2.27. The molecule has 41 heavy (non-hydrogen) atoms. The highest BCUT2D eigenvalue weighted by Gasteiger charge is 2.61. The van der Waals surface area contributed by atoms with Crippen molar-refractivity contribution in [2.24, 2.45) is 11.8 Å². The molecule has 0 spiro atoms. The average Bonchev–Trinajstić information content (AvgIpc) is 3.00. The molecule has 4 aromatic rings. The molecular formula is C31H34N2O6S2. The van der Waals surface area contributed by atoms with Crippen molar-refractivity contribution in [2.45, 2.75) is 43.6 Å². The largest absolute Gasteiger partial charge is 0.314 e. The van der Waals surface area contributed by atoms with Gasteiger partial charge in [-0.15, -0.1) is 0 Å². The van der Waals surface area contributed by atoms with Gasteiger partial charge in [-0.05, 0) is 64.6 Å². The Labute approximate surface area is 242 Å². The molecule has 0 aliphatic carbocycles. The molecule has 0 aliphatic heterocycles. The molecule has 4 N–H and O–H groups in total. The molecule has 10 heteroatoms. The van der Waals surface area contributed by atoms with Crippen LogP contribution in [0.25, 0.3) is 0 Å². The second-order valence-corrected chi connectivity index (χ2v) is 13.3. The van der Waals surface area contributed by atoms with Crippen LogP contribution >= 0.6 is 0 Å². The number of aryl methyl sites for hydroxylation is 1. The summed E-state index contributed by atoms with van der Waals surface area (Å²) in [4.78, 5) is 0. The molecule has 8 nitrogen and oxygen atoms in total. The molecule has 0 unspecified atom stereocenters. The summed E-state index contributed by atoms with van der Waals surface area (Å²) in [5.41, 5.74) is 4.82. The first kappa shape index (κ1) is 30.6. The van der Waals surface area contributed by atoms with Crippen molar-refractivity contribution < 1.29 is 25.4 Å². The van der Waals surface area contributed by atoms with E-state index >= 15 is 0 Å². The van der Waals surface area contributed by atoms with Crippen molar-refractivity contribution in [3.05, 3.63) is 142 Å². The summed E-state index contributed by atoms with van der Waals surface area (Å²) in [5, 5.41) is 0. The van der Waals surface area contributed by atoms with E-state index in [-0.39, 0.29) is 17.5 Å². The highest BCUT2D eigenvalue weighted by atomic mass is 32.3. The fourth-order valence-corrected chi connectivity index (χ4v) is 8.84. The Hall–Kier alpha value is -3.38. The Morgan fingerprint density at radius 3 is 1.46 bits per heavy atom. The Kier molecular flexibility index (Phi) is 9.43. The second-order valence-electron chi connectivity index (χ2n) is 9.63. The monoisotopic (exact) mass is 594 g/mol. The first-order valence-corrected chi connectivity index (χ1v) is 16.0. The molecule has 0 fully saturated rings. The number of benzene rings is 4. The molecule has 0 saturated heterocycles. The third kappa shape index (κ3) is 5.59. The highest BCUT2D eigenvalue weighted by molar-refractivity contribution is 8.05. The lowest BCUT2D eigenvalue weighted by atomic mass is 9.82. The minimum absolute atomic E-state index is 0.0385. The molecule has 4 rings (SSSR count). The molecule has 0 heterocycles. The van der Waals surface area contributed by atoms with Gasteiger partial charge in [-0.2, -0.15) is 37.2 Å². The molecular weight excluding hydrogens is 560 g/mol. The molecule has 0 aliphatic rings. The van der Waals surface area contributed by atoms with E-state index in [1.165, 1.54) is 24.3 Å². The molecule has 0 amide bonds. The molecule has 0 saturated carbocycles. The third-order valence-corrected chi connectivity index (χ3v) is 11.5. The molecule has 0 aromatic heterocycles. The second kappa shape index (κ2) is 12.6. The van der Waals surface area contributed by atoms with Crippen LogP contribution in [-0.4, -0.2) is 16.8 Å². The predicted molar refractivity (Wildman–Crippen MR) is 159 cm³/mol. The predicted octanol–water partition coefficient (Wildman–Crippen LogP) is 4.63. The van der Waals surface area contributed by atoms with Gasteiger partial charge in [0.15, 0.2) is 0 Å². The third-order valence-electron chi connectivity index (χ3n) is 7.41. The summed E-state index contributed by atoms with van der Waals surface area (Å²) in [6.45, 7) is 3.96.